The van der Waals surface area contributed by atoms with E-state index in [0.717, 1.165) is 18.5 Å². The summed E-state index contributed by atoms with van der Waals surface area (Å²) in [5.74, 6) is 0. The van der Waals surface area contributed by atoms with E-state index in [1.54, 1.807) is 0 Å². The van der Waals surface area contributed by atoms with Gasteiger partial charge >= 0.3 is 0 Å². The Morgan fingerprint density at radius 1 is 1.13 bits per heavy atom. The Labute approximate surface area is 93.0 Å². The average molecular weight is 203 g/mol. The molecule has 1 heteroatoms. The number of aryl methyl sites for hydroxylation is 2. The first kappa shape index (κ1) is 11.8. The van der Waals surface area contributed by atoms with Crippen LogP contribution < -0.4 is 5.73 Å². The molecule has 1 aromatic carbocycles. The first-order valence-electron chi connectivity index (χ1n) is 5.43. The van der Waals surface area contributed by atoms with Crippen LogP contribution in [0.15, 0.2) is 18.3 Å². The molecule has 0 atom stereocenters. The lowest BCUT2D eigenvalue weighted by molar-refractivity contribution is 0.908. The first-order valence-corrected chi connectivity index (χ1v) is 5.43. The number of allylic oxidation sites excluding steroid dienone is 1. The Hall–Kier alpha value is -1.24. The zero-order valence-corrected chi connectivity index (χ0v) is 10.3. The van der Waals surface area contributed by atoms with Gasteiger partial charge in [0.1, 0.15) is 0 Å². The minimum Gasteiger partial charge on any atom is -0.403 e. The topological polar surface area (TPSA) is 26.0 Å². The van der Waals surface area contributed by atoms with E-state index >= 15 is 0 Å². The van der Waals surface area contributed by atoms with E-state index in [9.17, 15) is 0 Å². The van der Waals surface area contributed by atoms with Gasteiger partial charge in [-0.1, -0.05) is 12.6 Å². The Bertz CT molecular complexity index is 389. The van der Waals surface area contributed by atoms with E-state index < -0.39 is 0 Å². The largest absolute Gasteiger partial charge is 0.403 e. The molecule has 0 amide bonds. The Balaban J connectivity index is 3.07. The van der Waals surface area contributed by atoms with Gasteiger partial charge in [-0.05, 0) is 68.4 Å². The highest BCUT2D eigenvalue weighted by Crippen LogP contribution is 2.23. The third kappa shape index (κ3) is 2.62. The van der Waals surface area contributed by atoms with E-state index in [-0.39, 0.29) is 0 Å². The van der Waals surface area contributed by atoms with Crippen LogP contribution in [0.1, 0.15) is 34.2 Å². The minimum atomic E-state index is 0.770. The van der Waals surface area contributed by atoms with Crippen molar-refractivity contribution in [3.63, 3.8) is 0 Å². The van der Waals surface area contributed by atoms with Crippen LogP contribution >= 0.6 is 0 Å². The van der Waals surface area contributed by atoms with Crippen molar-refractivity contribution in [3.05, 3.63) is 46.2 Å². The molecule has 0 aliphatic carbocycles. The molecule has 1 rings (SSSR count). The summed E-state index contributed by atoms with van der Waals surface area (Å²) in [6.07, 6.45) is 1.89. The second-order valence-corrected chi connectivity index (χ2v) is 4.40. The van der Waals surface area contributed by atoms with Gasteiger partial charge < -0.3 is 5.73 Å². The molecule has 0 spiro atoms. The molecule has 0 aromatic heterocycles. The molecule has 0 aliphatic rings. The van der Waals surface area contributed by atoms with E-state index in [4.69, 9.17) is 5.73 Å². The van der Waals surface area contributed by atoms with Gasteiger partial charge in [-0.15, -0.1) is 0 Å². The summed E-state index contributed by atoms with van der Waals surface area (Å²) in [5, 5.41) is 0. The molecular formula is C14H21N. The summed E-state index contributed by atoms with van der Waals surface area (Å²) >= 11 is 0. The van der Waals surface area contributed by atoms with Crippen LogP contribution in [0.4, 0.5) is 0 Å². The van der Waals surface area contributed by atoms with Crippen molar-refractivity contribution >= 4 is 0 Å². The highest BCUT2D eigenvalue weighted by Gasteiger charge is 2.07. The summed E-state index contributed by atoms with van der Waals surface area (Å²) in [5.41, 5.74) is 13.4. The van der Waals surface area contributed by atoms with E-state index in [1.807, 2.05) is 0 Å². The maximum atomic E-state index is 5.61. The van der Waals surface area contributed by atoms with Crippen molar-refractivity contribution in [2.75, 3.05) is 0 Å². The number of nitrogens with two attached hydrogens (primary N) is 1. The lowest BCUT2D eigenvalue weighted by Gasteiger charge is -2.14. The van der Waals surface area contributed by atoms with Crippen LogP contribution in [0.2, 0.25) is 0 Å². The molecule has 0 heterocycles. The maximum absolute atomic E-state index is 5.61. The molecule has 15 heavy (non-hydrogen) atoms. The van der Waals surface area contributed by atoms with Crippen molar-refractivity contribution in [3.8, 4) is 0 Å². The van der Waals surface area contributed by atoms with Crippen molar-refractivity contribution in [2.24, 2.45) is 5.73 Å². The molecule has 0 saturated heterocycles. The predicted molar refractivity (Wildman–Crippen MR) is 67.0 cm³/mol. The monoisotopic (exact) mass is 203 g/mol. The summed E-state index contributed by atoms with van der Waals surface area (Å²) in [6, 6.07) is 2.26. The van der Waals surface area contributed by atoms with Crippen molar-refractivity contribution in [2.45, 2.75) is 40.5 Å². The zero-order chi connectivity index (χ0) is 11.6. The van der Waals surface area contributed by atoms with Gasteiger partial charge in [0, 0.05) is 5.70 Å². The molecule has 0 bridgehead atoms. The normalized spacial score (nSPS) is 10.4. The van der Waals surface area contributed by atoms with Crippen molar-refractivity contribution in [1.29, 1.82) is 0 Å². The minimum absolute atomic E-state index is 0.770. The number of hydrogen-bond acceptors (Lipinski definition) is 1. The van der Waals surface area contributed by atoms with Gasteiger partial charge in [-0.3, -0.25) is 0 Å². The number of hydrogen-bond donors (Lipinski definition) is 1. The van der Waals surface area contributed by atoms with E-state index in [1.165, 1.54) is 27.8 Å². The Morgan fingerprint density at radius 2 is 1.73 bits per heavy atom. The highest BCUT2D eigenvalue weighted by molar-refractivity contribution is 5.44. The average Bonchev–Trinajstić information content (AvgIpc) is 2.14. The molecule has 1 aromatic rings. The van der Waals surface area contributed by atoms with Gasteiger partial charge in [0.15, 0.2) is 0 Å². The Morgan fingerprint density at radius 3 is 2.27 bits per heavy atom. The number of rotatable bonds is 3. The lowest BCUT2D eigenvalue weighted by atomic mass is 9.91. The summed E-state index contributed by atoms with van der Waals surface area (Å²) in [7, 11) is 0. The molecule has 82 valence electrons. The van der Waals surface area contributed by atoms with Gasteiger partial charge in [-0.25, -0.2) is 0 Å². The predicted octanol–water partition coefficient (Wildman–Crippen LogP) is 3.33. The highest BCUT2D eigenvalue weighted by atomic mass is 14.5. The second kappa shape index (κ2) is 4.52. The van der Waals surface area contributed by atoms with Crippen LogP contribution in [0.5, 0.6) is 0 Å². The molecule has 0 aliphatic heterocycles. The van der Waals surface area contributed by atoms with Crippen LogP contribution in [0, 0.1) is 27.7 Å². The zero-order valence-electron chi connectivity index (χ0n) is 10.3. The Kier molecular flexibility index (Phi) is 3.57. The van der Waals surface area contributed by atoms with Crippen LogP contribution in [0.25, 0.3) is 0 Å². The van der Waals surface area contributed by atoms with Crippen LogP contribution in [-0.2, 0) is 6.42 Å². The smallest absolute Gasteiger partial charge is 0.00108 e. The van der Waals surface area contributed by atoms with Crippen molar-refractivity contribution < 1.29 is 0 Å². The molecular weight excluding hydrogens is 182 g/mol. The molecule has 2 N–H and O–H groups in total. The van der Waals surface area contributed by atoms with Gasteiger partial charge in [0.05, 0.1) is 0 Å². The van der Waals surface area contributed by atoms with E-state index in [2.05, 4.69) is 40.3 Å². The number of benzene rings is 1. The molecule has 1 nitrogen and oxygen atoms in total. The van der Waals surface area contributed by atoms with Crippen LogP contribution in [0.3, 0.4) is 0 Å². The lowest BCUT2D eigenvalue weighted by Crippen LogP contribution is -2.02. The summed E-state index contributed by atoms with van der Waals surface area (Å²) < 4.78 is 0. The molecule has 0 saturated carbocycles. The first-order chi connectivity index (χ1) is 6.93. The summed E-state index contributed by atoms with van der Waals surface area (Å²) in [6.45, 7) is 12.5. The van der Waals surface area contributed by atoms with E-state index in [0.29, 0.717) is 0 Å². The molecule has 0 radical (unpaired) electrons. The third-order valence-corrected chi connectivity index (χ3v) is 3.21. The summed E-state index contributed by atoms with van der Waals surface area (Å²) in [4.78, 5) is 0. The fourth-order valence-corrected chi connectivity index (χ4v) is 2.01. The fourth-order valence-electron chi connectivity index (χ4n) is 2.01. The SMILES string of the molecule is C=C(N)CCc1c(C)cc(C)c(C)c1C. The standard InChI is InChI=1S/C14H21N/c1-9-8-10(2)14(7-6-11(3)15)13(5)12(9)4/h8H,3,6-7,15H2,1-2,4-5H3. The van der Waals surface area contributed by atoms with Gasteiger partial charge in [-0.2, -0.15) is 0 Å². The maximum Gasteiger partial charge on any atom is 0.00108 e. The fraction of sp³-hybridized carbons (Fsp3) is 0.429. The third-order valence-electron chi connectivity index (χ3n) is 3.21. The second-order valence-electron chi connectivity index (χ2n) is 4.40. The quantitative estimate of drug-likeness (QED) is 0.801. The molecule has 0 fully saturated rings. The van der Waals surface area contributed by atoms with Crippen molar-refractivity contribution in [1.82, 2.24) is 0 Å². The molecule has 0 unspecified atom stereocenters. The van der Waals surface area contributed by atoms with Gasteiger partial charge in [0.2, 0.25) is 0 Å². The van der Waals surface area contributed by atoms with Gasteiger partial charge in [0.25, 0.3) is 0 Å². The van der Waals surface area contributed by atoms with Crippen LogP contribution in [-0.4, -0.2) is 0 Å².